The van der Waals surface area contributed by atoms with Crippen molar-refractivity contribution in [3.63, 3.8) is 0 Å². The van der Waals surface area contributed by atoms with Crippen molar-refractivity contribution in [3.8, 4) is 0 Å². The summed E-state index contributed by atoms with van der Waals surface area (Å²) in [7, 11) is -3.49. The Labute approximate surface area is 245 Å². The second-order valence-corrected chi connectivity index (χ2v) is 12.9. The number of Topliss-reactive ketones (excluding diaryl/α,β-unsaturated/α-hetero) is 1. The van der Waals surface area contributed by atoms with Crippen molar-refractivity contribution in [2.24, 2.45) is 5.92 Å². The number of halogens is 2. The largest absolute Gasteiger partial charge is 0.480 e. The van der Waals surface area contributed by atoms with Crippen LogP contribution in [0.5, 0.6) is 0 Å². The van der Waals surface area contributed by atoms with Crippen molar-refractivity contribution < 1.29 is 27.9 Å². The standard InChI is InChI=1S/C29H25Cl2N3O6S/c1-41(39,40)19-6-2-4-15(10-19)11-23(29(37)38)34-28(36)24-21(30)13-18-12-16(7-8-20(18)25(24)31)26(35)22-14-17-5-3-9-32-27(17)33-22/h2-6,9-10,13-14,16,23H,7-8,11-12H2,1H3,(H,32,33)(H,34,36)(H,37,38)/t16?,23-/m0/s1. The number of benzene rings is 2. The van der Waals surface area contributed by atoms with Crippen molar-refractivity contribution in [1.82, 2.24) is 15.3 Å². The molecular formula is C29H25Cl2N3O6S. The Balaban J connectivity index is 1.35. The Hall–Kier alpha value is -3.73. The second kappa shape index (κ2) is 11.3. The van der Waals surface area contributed by atoms with Crippen LogP contribution in [-0.4, -0.2) is 53.4 Å². The molecule has 12 heteroatoms. The lowest BCUT2D eigenvalue weighted by Gasteiger charge is -2.26. The van der Waals surface area contributed by atoms with Crippen LogP contribution in [0.15, 0.2) is 59.6 Å². The summed E-state index contributed by atoms with van der Waals surface area (Å²) in [5, 5.41) is 13.2. The molecule has 1 unspecified atom stereocenters. The van der Waals surface area contributed by atoms with Crippen molar-refractivity contribution >= 4 is 61.7 Å². The molecule has 0 spiro atoms. The normalized spacial score (nSPS) is 15.7. The van der Waals surface area contributed by atoms with Crippen molar-refractivity contribution in [2.75, 3.05) is 6.26 Å². The summed E-state index contributed by atoms with van der Waals surface area (Å²) in [6.45, 7) is 0. The van der Waals surface area contributed by atoms with Crippen LogP contribution in [-0.2, 0) is 33.9 Å². The number of carboxylic acid groups (broad SMARTS) is 1. The molecule has 1 amide bonds. The number of carbonyl (C=O) groups is 3. The van der Waals surface area contributed by atoms with E-state index in [9.17, 15) is 27.9 Å². The summed E-state index contributed by atoms with van der Waals surface area (Å²) in [4.78, 5) is 45.9. The molecule has 212 valence electrons. The fourth-order valence-corrected chi connectivity index (χ4v) is 6.61. The van der Waals surface area contributed by atoms with Crippen LogP contribution < -0.4 is 5.32 Å². The number of amides is 1. The average Bonchev–Trinajstić information content (AvgIpc) is 3.36. The third kappa shape index (κ3) is 6.00. The van der Waals surface area contributed by atoms with Gasteiger partial charge in [0.05, 0.1) is 26.2 Å². The third-order valence-electron chi connectivity index (χ3n) is 7.25. The fraction of sp³-hybridized carbons (Fsp3) is 0.241. The summed E-state index contributed by atoms with van der Waals surface area (Å²) in [6, 6.07) is 11.6. The molecule has 0 bridgehead atoms. The number of carbonyl (C=O) groups excluding carboxylic acids is 2. The van der Waals surface area contributed by atoms with Gasteiger partial charge >= 0.3 is 5.97 Å². The topological polar surface area (TPSA) is 146 Å². The first-order valence-corrected chi connectivity index (χ1v) is 15.4. The zero-order chi connectivity index (χ0) is 29.5. The van der Waals surface area contributed by atoms with Crippen LogP contribution in [0.3, 0.4) is 0 Å². The lowest BCUT2D eigenvalue weighted by Crippen LogP contribution is -2.42. The highest BCUT2D eigenvalue weighted by Gasteiger charge is 2.32. The van der Waals surface area contributed by atoms with E-state index in [2.05, 4.69) is 15.3 Å². The Morgan fingerprint density at radius 2 is 1.93 bits per heavy atom. The number of rotatable bonds is 8. The number of hydrogen-bond donors (Lipinski definition) is 3. The second-order valence-electron chi connectivity index (χ2n) is 10.1. The smallest absolute Gasteiger partial charge is 0.326 e. The van der Waals surface area contributed by atoms with E-state index in [-0.39, 0.29) is 38.6 Å². The Morgan fingerprint density at radius 1 is 1.15 bits per heavy atom. The maximum absolute atomic E-state index is 13.3. The van der Waals surface area contributed by atoms with Gasteiger partial charge in [0, 0.05) is 30.2 Å². The fourth-order valence-electron chi connectivity index (χ4n) is 5.16. The molecule has 0 saturated carbocycles. The van der Waals surface area contributed by atoms with Gasteiger partial charge in [0.25, 0.3) is 5.91 Å². The van der Waals surface area contributed by atoms with Gasteiger partial charge in [-0.3, -0.25) is 9.59 Å². The molecule has 0 aliphatic heterocycles. The molecule has 1 aliphatic carbocycles. The molecule has 2 heterocycles. The SMILES string of the molecule is CS(=O)(=O)c1cccc(C[C@H](NC(=O)c2c(Cl)cc3c(c2Cl)CCC(C(=O)c2cc4cccnc4[nH]2)C3)C(=O)O)c1. The number of H-pyrrole nitrogens is 1. The highest BCUT2D eigenvalue weighted by atomic mass is 35.5. The Bertz CT molecular complexity index is 1790. The van der Waals surface area contributed by atoms with Crippen LogP contribution in [0.2, 0.25) is 10.0 Å². The van der Waals surface area contributed by atoms with E-state index in [1.54, 1.807) is 30.5 Å². The maximum atomic E-state index is 13.3. The lowest BCUT2D eigenvalue weighted by atomic mass is 9.80. The minimum absolute atomic E-state index is 0.0392. The van der Waals surface area contributed by atoms with Gasteiger partial charge in [-0.15, -0.1) is 0 Å². The van der Waals surface area contributed by atoms with Crippen molar-refractivity contribution in [3.05, 3.63) is 92.7 Å². The predicted molar refractivity (Wildman–Crippen MR) is 155 cm³/mol. The van der Waals surface area contributed by atoms with E-state index in [4.69, 9.17) is 23.2 Å². The highest BCUT2D eigenvalue weighted by molar-refractivity contribution is 7.90. The molecule has 1 aliphatic rings. The molecular weight excluding hydrogens is 589 g/mol. The number of sulfone groups is 1. The molecule has 4 aromatic rings. The first-order chi connectivity index (χ1) is 19.4. The predicted octanol–water partition coefficient (Wildman–Crippen LogP) is 4.69. The quantitative estimate of drug-likeness (QED) is 0.244. The van der Waals surface area contributed by atoms with E-state index in [1.807, 2.05) is 6.07 Å². The molecule has 0 fully saturated rings. The molecule has 5 rings (SSSR count). The number of nitrogens with one attached hydrogen (secondary N) is 2. The van der Waals surface area contributed by atoms with Gasteiger partial charge in [-0.2, -0.15) is 0 Å². The van der Waals surface area contributed by atoms with Crippen molar-refractivity contribution in [2.45, 2.75) is 36.6 Å². The lowest BCUT2D eigenvalue weighted by molar-refractivity contribution is -0.139. The van der Waals surface area contributed by atoms with E-state index < -0.39 is 27.8 Å². The summed E-state index contributed by atoms with van der Waals surface area (Å²) in [6.07, 6.45) is 3.87. The molecule has 0 saturated heterocycles. The summed E-state index contributed by atoms with van der Waals surface area (Å²) < 4.78 is 23.8. The van der Waals surface area contributed by atoms with E-state index in [0.717, 1.165) is 17.2 Å². The van der Waals surface area contributed by atoms with Gasteiger partial charge in [-0.25, -0.2) is 18.2 Å². The number of fused-ring (bicyclic) bond motifs is 2. The van der Waals surface area contributed by atoms with Crippen LogP contribution in [0, 0.1) is 5.92 Å². The van der Waals surface area contributed by atoms with E-state index >= 15 is 0 Å². The molecule has 2 aromatic carbocycles. The first kappa shape index (κ1) is 28.8. The van der Waals surface area contributed by atoms with E-state index in [1.165, 1.54) is 18.2 Å². The summed E-state index contributed by atoms with van der Waals surface area (Å²) in [5.74, 6) is -2.44. The van der Waals surface area contributed by atoms with Crippen LogP contribution in [0.4, 0.5) is 0 Å². The summed E-state index contributed by atoms with van der Waals surface area (Å²) in [5.41, 5.74) is 2.93. The number of carboxylic acids is 1. The minimum atomic E-state index is -3.49. The zero-order valence-corrected chi connectivity index (χ0v) is 24.1. The van der Waals surface area contributed by atoms with Gasteiger partial charge < -0.3 is 15.4 Å². The maximum Gasteiger partial charge on any atom is 0.326 e. The first-order valence-electron chi connectivity index (χ1n) is 12.7. The molecule has 2 atom stereocenters. The minimum Gasteiger partial charge on any atom is -0.480 e. The number of aromatic amines is 1. The molecule has 2 aromatic heterocycles. The van der Waals surface area contributed by atoms with Gasteiger partial charge in [-0.1, -0.05) is 35.3 Å². The Morgan fingerprint density at radius 3 is 2.63 bits per heavy atom. The number of aromatic nitrogens is 2. The van der Waals surface area contributed by atoms with Crippen LogP contribution >= 0.6 is 23.2 Å². The van der Waals surface area contributed by atoms with Gasteiger partial charge in [0.2, 0.25) is 0 Å². The molecule has 3 N–H and O–H groups in total. The van der Waals surface area contributed by atoms with E-state index in [0.29, 0.717) is 41.7 Å². The van der Waals surface area contributed by atoms with Crippen molar-refractivity contribution in [1.29, 1.82) is 0 Å². The average molecular weight is 615 g/mol. The highest BCUT2D eigenvalue weighted by Crippen LogP contribution is 2.38. The number of nitrogens with zero attached hydrogens (tertiary/aromatic N) is 1. The third-order valence-corrected chi connectivity index (χ3v) is 9.07. The zero-order valence-electron chi connectivity index (χ0n) is 21.8. The van der Waals surface area contributed by atoms with Gasteiger partial charge in [0.15, 0.2) is 15.6 Å². The number of aliphatic carboxylic acids is 1. The van der Waals surface area contributed by atoms with Crippen LogP contribution in [0.1, 0.15) is 44.0 Å². The van der Waals surface area contributed by atoms with Crippen LogP contribution in [0.25, 0.3) is 11.0 Å². The molecule has 41 heavy (non-hydrogen) atoms. The van der Waals surface area contributed by atoms with Gasteiger partial charge in [0.1, 0.15) is 11.7 Å². The summed E-state index contributed by atoms with van der Waals surface area (Å²) >= 11 is 13.2. The monoisotopic (exact) mass is 613 g/mol. The number of pyridine rings is 1. The number of ketones is 1. The number of hydrogen-bond acceptors (Lipinski definition) is 6. The van der Waals surface area contributed by atoms with Gasteiger partial charge in [-0.05, 0) is 72.4 Å². The Kier molecular flexibility index (Phi) is 7.91. The molecule has 9 nitrogen and oxygen atoms in total. The molecule has 0 radical (unpaired) electrons.